The molecule has 0 saturated carbocycles. The van der Waals surface area contributed by atoms with Gasteiger partial charge in [0.15, 0.2) is 0 Å². The van der Waals surface area contributed by atoms with Crippen LogP contribution in [0, 0.1) is 22.0 Å². The van der Waals surface area contributed by atoms with Crippen LogP contribution in [0.4, 0.5) is 17.3 Å². The molecule has 0 saturated heterocycles. The van der Waals surface area contributed by atoms with Crippen molar-refractivity contribution in [2.75, 3.05) is 17.3 Å². The van der Waals surface area contributed by atoms with Crippen LogP contribution in [0.3, 0.4) is 0 Å². The molecule has 1 heterocycles. The van der Waals surface area contributed by atoms with Gasteiger partial charge in [-0.25, -0.2) is 10.8 Å². The van der Waals surface area contributed by atoms with Crippen molar-refractivity contribution in [2.24, 2.45) is 17.7 Å². The van der Waals surface area contributed by atoms with Gasteiger partial charge in [-0.1, -0.05) is 20.8 Å². The van der Waals surface area contributed by atoms with E-state index in [4.69, 9.17) is 5.84 Å². The number of hydrazine groups is 1. The van der Waals surface area contributed by atoms with Crippen molar-refractivity contribution >= 4 is 17.3 Å². The van der Waals surface area contributed by atoms with Gasteiger partial charge in [0, 0.05) is 6.54 Å². The lowest BCUT2D eigenvalue weighted by molar-refractivity contribution is -0.384. The maximum absolute atomic E-state index is 10.7. The number of rotatable bonds is 6. The number of nitro groups is 1. The summed E-state index contributed by atoms with van der Waals surface area (Å²) in [6, 6.07) is 2.69. The highest BCUT2D eigenvalue weighted by Gasteiger charge is 2.12. The molecule has 0 radical (unpaired) electrons. The predicted octanol–water partition coefficient (Wildman–Crippen LogP) is 1.98. The minimum Gasteiger partial charge on any atom is -0.370 e. The van der Waals surface area contributed by atoms with Gasteiger partial charge in [-0.2, -0.15) is 0 Å². The van der Waals surface area contributed by atoms with Gasteiger partial charge in [0.25, 0.3) is 5.69 Å². The molecule has 7 heteroatoms. The second-order valence-electron chi connectivity index (χ2n) is 4.60. The first-order valence-electron chi connectivity index (χ1n) is 5.81. The third kappa shape index (κ3) is 3.85. The van der Waals surface area contributed by atoms with Crippen LogP contribution in [0.25, 0.3) is 0 Å². The van der Waals surface area contributed by atoms with Crippen LogP contribution in [-0.4, -0.2) is 16.5 Å². The van der Waals surface area contributed by atoms with Crippen LogP contribution < -0.4 is 16.6 Å². The molecule has 1 atom stereocenters. The number of nitrogens with one attached hydrogen (secondary N) is 2. The Morgan fingerprint density at radius 2 is 2.00 bits per heavy atom. The molecule has 18 heavy (non-hydrogen) atoms. The molecule has 0 spiro atoms. The fourth-order valence-electron chi connectivity index (χ4n) is 1.29. The van der Waals surface area contributed by atoms with E-state index in [-0.39, 0.29) is 11.5 Å². The Hall–Kier alpha value is -1.89. The predicted molar refractivity (Wildman–Crippen MR) is 71.2 cm³/mol. The van der Waals surface area contributed by atoms with Gasteiger partial charge in [-0.05, 0) is 11.8 Å². The zero-order valence-corrected chi connectivity index (χ0v) is 10.8. The quantitative estimate of drug-likeness (QED) is 0.406. The number of hydrogen-bond donors (Lipinski definition) is 3. The molecule has 0 aliphatic heterocycles. The largest absolute Gasteiger partial charge is 0.370 e. The topological polar surface area (TPSA) is 106 Å². The van der Waals surface area contributed by atoms with Gasteiger partial charge in [0.1, 0.15) is 11.6 Å². The zero-order chi connectivity index (χ0) is 13.7. The highest BCUT2D eigenvalue weighted by atomic mass is 16.6. The Bertz CT molecular complexity index is 422. The zero-order valence-electron chi connectivity index (χ0n) is 10.8. The van der Waals surface area contributed by atoms with Crippen molar-refractivity contribution < 1.29 is 4.92 Å². The fraction of sp³-hybridized carbons (Fsp3) is 0.545. The molecule has 1 aromatic heterocycles. The van der Waals surface area contributed by atoms with Crippen LogP contribution >= 0.6 is 0 Å². The summed E-state index contributed by atoms with van der Waals surface area (Å²) in [5.41, 5.74) is 2.27. The second-order valence-corrected chi connectivity index (χ2v) is 4.60. The number of hydrogen-bond acceptors (Lipinski definition) is 6. The number of pyridine rings is 1. The molecule has 4 N–H and O–H groups in total. The van der Waals surface area contributed by atoms with E-state index in [9.17, 15) is 10.1 Å². The number of aromatic nitrogens is 1. The summed E-state index contributed by atoms with van der Waals surface area (Å²) in [5, 5.41) is 13.8. The lowest BCUT2D eigenvalue weighted by atomic mass is 9.98. The molecule has 100 valence electrons. The van der Waals surface area contributed by atoms with E-state index < -0.39 is 4.92 Å². The van der Waals surface area contributed by atoms with Crippen LogP contribution in [0.2, 0.25) is 0 Å². The molecule has 1 unspecified atom stereocenters. The van der Waals surface area contributed by atoms with E-state index >= 15 is 0 Å². The molecule has 0 aliphatic rings. The number of nitrogens with two attached hydrogens (primary N) is 1. The summed E-state index contributed by atoms with van der Waals surface area (Å²) in [4.78, 5) is 14.4. The molecule has 0 aliphatic carbocycles. The first kappa shape index (κ1) is 14.2. The summed E-state index contributed by atoms with van der Waals surface area (Å²) in [5.74, 6) is 6.92. The minimum atomic E-state index is -0.473. The van der Waals surface area contributed by atoms with Crippen LogP contribution in [0.5, 0.6) is 0 Å². The first-order chi connectivity index (χ1) is 8.43. The van der Waals surface area contributed by atoms with E-state index in [2.05, 4.69) is 36.5 Å². The Morgan fingerprint density at radius 3 is 2.50 bits per heavy atom. The number of nitrogen functional groups attached to an aromatic ring is 1. The Labute approximate surface area is 106 Å². The van der Waals surface area contributed by atoms with Crippen molar-refractivity contribution in [2.45, 2.75) is 20.8 Å². The van der Waals surface area contributed by atoms with Crippen LogP contribution in [0.15, 0.2) is 12.1 Å². The number of anilines is 2. The average molecular weight is 253 g/mol. The summed E-state index contributed by atoms with van der Waals surface area (Å²) < 4.78 is 0. The lowest BCUT2D eigenvalue weighted by Crippen LogP contribution is -2.17. The molecule has 0 amide bonds. The number of nitrogens with zero attached hydrogens (tertiary/aromatic N) is 2. The average Bonchev–Trinajstić information content (AvgIpc) is 2.35. The van der Waals surface area contributed by atoms with Crippen LogP contribution in [-0.2, 0) is 0 Å². The highest BCUT2D eigenvalue weighted by molar-refractivity contribution is 5.54. The maximum atomic E-state index is 10.7. The summed E-state index contributed by atoms with van der Waals surface area (Å²) in [6.07, 6.45) is 0. The molecule has 1 rings (SSSR count). The molecule has 1 aromatic rings. The Balaban J connectivity index is 2.81. The van der Waals surface area contributed by atoms with Gasteiger partial charge in [-0.15, -0.1) is 0 Å². The molecule has 7 nitrogen and oxygen atoms in total. The molecule has 0 aromatic carbocycles. The highest BCUT2D eigenvalue weighted by Crippen LogP contribution is 2.20. The van der Waals surface area contributed by atoms with Crippen molar-refractivity contribution in [3.05, 3.63) is 22.2 Å². The summed E-state index contributed by atoms with van der Waals surface area (Å²) in [7, 11) is 0. The second kappa shape index (κ2) is 6.15. The van der Waals surface area contributed by atoms with Gasteiger partial charge in [0.2, 0.25) is 0 Å². The third-order valence-corrected chi connectivity index (χ3v) is 2.91. The monoisotopic (exact) mass is 253 g/mol. The summed E-state index contributed by atoms with van der Waals surface area (Å²) in [6.45, 7) is 7.06. The first-order valence-corrected chi connectivity index (χ1v) is 5.81. The SMILES string of the molecule is CC(C)C(C)CNc1cc([N+](=O)[O-])cc(NN)n1. The Morgan fingerprint density at radius 1 is 1.39 bits per heavy atom. The maximum Gasteiger partial charge on any atom is 0.276 e. The van der Waals surface area contributed by atoms with E-state index in [1.54, 1.807) is 0 Å². The van der Waals surface area contributed by atoms with E-state index in [1.165, 1.54) is 12.1 Å². The van der Waals surface area contributed by atoms with Crippen molar-refractivity contribution in [3.8, 4) is 0 Å². The van der Waals surface area contributed by atoms with Crippen molar-refractivity contribution in [1.82, 2.24) is 4.98 Å². The fourth-order valence-corrected chi connectivity index (χ4v) is 1.29. The standard InChI is InChI=1S/C11H19N5O2/c1-7(2)8(3)6-13-10-4-9(16(17)18)5-11(14-10)15-12/h4-5,7-8H,6,12H2,1-3H3,(H2,13,14,15). The van der Waals surface area contributed by atoms with Gasteiger partial charge >= 0.3 is 0 Å². The van der Waals surface area contributed by atoms with E-state index in [1.807, 2.05) is 0 Å². The smallest absolute Gasteiger partial charge is 0.276 e. The minimum absolute atomic E-state index is 0.0438. The molecule has 0 fully saturated rings. The third-order valence-electron chi connectivity index (χ3n) is 2.91. The van der Waals surface area contributed by atoms with Gasteiger partial charge in [0.05, 0.1) is 17.1 Å². The molecule has 0 bridgehead atoms. The molecular weight excluding hydrogens is 234 g/mol. The normalized spacial score (nSPS) is 12.3. The molecular formula is C11H19N5O2. The van der Waals surface area contributed by atoms with Gasteiger partial charge < -0.3 is 10.7 Å². The summed E-state index contributed by atoms with van der Waals surface area (Å²) >= 11 is 0. The van der Waals surface area contributed by atoms with Crippen molar-refractivity contribution in [1.29, 1.82) is 0 Å². The van der Waals surface area contributed by atoms with Crippen LogP contribution in [0.1, 0.15) is 20.8 Å². The van der Waals surface area contributed by atoms with E-state index in [0.717, 1.165) is 0 Å². The Kier molecular flexibility index (Phi) is 4.85. The van der Waals surface area contributed by atoms with Gasteiger partial charge in [-0.3, -0.25) is 10.1 Å². The van der Waals surface area contributed by atoms with E-state index in [0.29, 0.717) is 24.2 Å². The van der Waals surface area contributed by atoms with Crippen molar-refractivity contribution in [3.63, 3.8) is 0 Å². The lowest BCUT2D eigenvalue weighted by Gasteiger charge is -2.16.